The van der Waals surface area contributed by atoms with Crippen LogP contribution in [0.3, 0.4) is 0 Å². The third-order valence-corrected chi connectivity index (χ3v) is 4.56. The zero-order valence-electron chi connectivity index (χ0n) is 13.8. The minimum Gasteiger partial charge on any atom is -0.493 e. The first kappa shape index (κ1) is 14.6. The van der Waals surface area contributed by atoms with Crippen LogP contribution in [0.4, 0.5) is 0 Å². The molecule has 0 atom stereocenters. The fraction of sp³-hybridized carbons (Fsp3) is 0.150. The molecule has 2 heterocycles. The third-order valence-electron chi connectivity index (χ3n) is 4.56. The van der Waals surface area contributed by atoms with Crippen molar-refractivity contribution in [2.24, 2.45) is 0 Å². The molecule has 24 heavy (non-hydrogen) atoms. The van der Waals surface area contributed by atoms with Crippen LogP contribution in [-0.4, -0.2) is 24.7 Å². The summed E-state index contributed by atoms with van der Waals surface area (Å²) in [7, 11) is 3.18. The number of allylic oxidation sites excluding steroid dienone is 2. The number of rotatable bonds is 3. The van der Waals surface area contributed by atoms with E-state index >= 15 is 0 Å². The minimum atomic E-state index is -0.0322. The second kappa shape index (κ2) is 5.27. The maximum Gasteiger partial charge on any atom is 0.263 e. The summed E-state index contributed by atoms with van der Waals surface area (Å²) in [5, 5.41) is 1.07. The standard InChI is InChI=1S/C20H17NO3/c1-12-16-11-13-7-4-5-9-15(13)21(16)20(22)18(12)14-8-6-10-17(23-2)19(14)24-3/h4-11H,1-3H3. The molecule has 3 aromatic rings. The number of carbonyl (C=O) groups excluding carboxylic acids is 1. The lowest BCUT2D eigenvalue weighted by Crippen LogP contribution is -2.09. The van der Waals surface area contributed by atoms with E-state index in [4.69, 9.17) is 9.47 Å². The summed E-state index contributed by atoms with van der Waals surface area (Å²) in [5.74, 6) is 1.16. The van der Waals surface area contributed by atoms with Crippen molar-refractivity contribution in [3.63, 3.8) is 0 Å². The Morgan fingerprint density at radius 3 is 2.50 bits per heavy atom. The smallest absolute Gasteiger partial charge is 0.263 e. The first-order chi connectivity index (χ1) is 11.7. The van der Waals surface area contributed by atoms with Gasteiger partial charge < -0.3 is 9.47 Å². The zero-order valence-corrected chi connectivity index (χ0v) is 13.8. The van der Waals surface area contributed by atoms with Crippen LogP contribution in [0, 0.1) is 0 Å². The molecule has 0 N–H and O–H groups in total. The van der Waals surface area contributed by atoms with Crippen LogP contribution >= 0.6 is 0 Å². The molecule has 0 radical (unpaired) electrons. The second-order valence-electron chi connectivity index (χ2n) is 5.77. The molecule has 0 bridgehead atoms. The van der Waals surface area contributed by atoms with Crippen LogP contribution in [0.1, 0.15) is 23.0 Å². The molecule has 0 fully saturated rings. The molecule has 1 aromatic heterocycles. The number of hydrogen-bond donors (Lipinski definition) is 0. The second-order valence-corrected chi connectivity index (χ2v) is 5.77. The molecule has 0 saturated carbocycles. The van der Waals surface area contributed by atoms with E-state index in [0.29, 0.717) is 17.1 Å². The van der Waals surface area contributed by atoms with Gasteiger partial charge in [-0.25, -0.2) is 0 Å². The van der Waals surface area contributed by atoms with Crippen LogP contribution in [0.2, 0.25) is 0 Å². The summed E-state index contributed by atoms with van der Waals surface area (Å²) >= 11 is 0. The Hall–Kier alpha value is -3.01. The van der Waals surface area contributed by atoms with Gasteiger partial charge in [0, 0.05) is 10.9 Å². The summed E-state index contributed by atoms with van der Waals surface area (Å²) in [6, 6.07) is 15.6. The van der Waals surface area contributed by atoms with Crippen LogP contribution in [0.25, 0.3) is 22.0 Å². The number of benzene rings is 2. The van der Waals surface area contributed by atoms with E-state index < -0.39 is 0 Å². The fourth-order valence-corrected chi connectivity index (χ4v) is 3.45. The van der Waals surface area contributed by atoms with Crippen molar-refractivity contribution >= 4 is 28.0 Å². The van der Waals surface area contributed by atoms with Crippen molar-refractivity contribution in [2.45, 2.75) is 6.92 Å². The summed E-state index contributed by atoms with van der Waals surface area (Å²) in [5.41, 5.74) is 4.22. The first-order valence-corrected chi connectivity index (χ1v) is 7.75. The number of nitrogens with zero attached hydrogens (tertiary/aromatic N) is 1. The third kappa shape index (κ3) is 1.83. The molecule has 0 saturated heterocycles. The largest absolute Gasteiger partial charge is 0.493 e. The van der Waals surface area contributed by atoms with E-state index in [0.717, 1.165) is 27.7 Å². The number of para-hydroxylation sites is 2. The average Bonchev–Trinajstić information content (AvgIpc) is 3.10. The summed E-state index contributed by atoms with van der Waals surface area (Å²) in [6.45, 7) is 1.98. The van der Waals surface area contributed by atoms with E-state index in [-0.39, 0.29) is 5.91 Å². The van der Waals surface area contributed by atoms with Crippen molar-refractivity contribution in [1.29, 1.82) is 0 Å². The van der Waals surface area contributed by atoms with Gasteiger partial charge in [0.15, 0.2) is 11.5 Å². The molecule has 1 aliphatic rings. The summed E-state index contributed by atoms with van der Waals surface area (Å²) < 4.78 is 12.7. The lowest BCUT2D eigenvalue weighted by molar-refractivity contribution is 0.0988. The number of ether oxygens (including phenoxy) is 2. The monoisotopic (exact) mass is 319 g/mol. The summed E-state index contributed by atoms with van der Waals surface area (Å²) in [6.07, 6.45) is 0. The van der Waals surface area contributed by atoms with Gasteiger partial charge in [-0.3, -0.25) is 9.36 Å². The maximum absolute atomic E-state index is 13.2. The Bertz CT molecular complexity index is 1010. The molecular weight excluding hydrogens is 302 g/mol. The average molecular weight is 319 g/mol. The predicted molar refractivity (Wildman–Crippen MR) is 94.6 cm³/mol. The van der Waals surface area contributed by atoms with Crippen LogP contribution in [0.15, 0.2) is 48.5 Å². The Morgan fingerprint density at radius 2 is 1.75 bits per heavy atom. The number of carbonyl (C=O) groups is 1. The number of aromatic nitrogens is 1. The Kier molecular flexibility index (Phi) is 3.20. The van der Waals surface area contributed by atoms with Gasteiger partial charge in [0.1, 0.15) is 0 Å². The summed E-state index contributed by atoms with van der Waals surface area (Å²) in [4.78, 5) is 13.2. The lowest BCUT2D eigenvalue weighted by Gasteiger charge is -2.13. The molecule has 0 unspecified atom stereocenters. The highest BCUT2D eigenvalue weighted by Crippen LogP contribution is 2.43. The van der Waals surface area contributed by atoms with Gasteiger partial charge in [-0.2, -0.15) is 0 Å². The molecule has 4 rings (SSSR count). The highest BCUT2D eigenvalue weighted by molar-refractivity contribution is 6.34. The van der Waals surface area contributed by atoms with E-state index in [1.165, 1.54) is 0 Å². The van der Waals surface area contributed by atoms with Gasteiger partial charge in [-0.1, -0.05) is 30.3 Å². The quantitative estimate of drug-likeness (QED) is 0.725. The fourth-order valence-electron chi connectivity index (χ4n) is 3.45. The lowest BCUT2D eigenvalue weighted by atomic mass is 9.99. The Balaban J connectivity index is 1.97. The van der Waals surface area contributed by atoms with Gasteiger partial charge in [-0.15, -0.1) is 0 Å². The molecule has 1 aliphatic heterocycles. The van der Waals surface area contributed by atoms with Crippen LogP contribution < -0.4 is 9.47 Å². The van der Waals surface area contributed by atoms with Gasteiger partial charge in [0.2, 0.25) is 0 Å². The van der Waals surface area contributed by atoms with Crippen molar-refractivity contribution in [3.05, 3.63) is 59.8 Å². The Morgan fingerprint density at radius 1 is 0.958 bits per heavy atom. The van der Waals surface area contributed by atoms with Crippen molar-refractivity contribution in [2.75, 3.05) is 14.2 Å². The SMILES string of the molecule is COc1cccc(C2=C(C)c3cc4ccccc4n3C2=O)c1OC. The van der Waals surface area contributed by atoms with E-state index in [1.54, 1.807) is 18.8 Å². The van der Waals surface area contributed by atoms with Gasteiger partial charge >= 0.3 is 0 Å². The number of hydrogen-bond acceptors (Lipinski definition) is 3. The zero-order chi connectivity index (χ0) is 16.8. The molecular formula is C20H17NO3. The molecule has 0 spiro atoms. The molecule has 120 valence electrons. The van der Waals surface area contributed by atoms with Gasteiger partial charge in [-0.05, 0) is 30.7 Å². The predicted octanol–water partition coefficient (Wildman–Crippen LogP) is 4.24. The number of fused-ring (bicyclic) bond motifs is 3. The topological polar surface area (TPSA) is 40.5 Å². The van der Waals surface area contributed by atoms with Gasteiger partial charge in [0.25, 0.3) is 5.91 Å². The normalized spacial score (nSPS) is 13.5. The highest BCUT2D eigenvalue weighted by Gasteiger charge is 2.32. The first-order valence-electron chi connectivity index (χ1n) is 7.75. The molecule has 2 aromatic carbocycles. The van der Waals surface area contributed by atoms with E-state index in [1.807, 2.05) is 49.4 Å². The van der Waals surface area contributed by atoms with E-state index in [9.17, 15) is 4.79 Å². The van der Waals surface area contributed by atoms with Gasteiger partial charge in [0.05, 0.1) is 31.0 Å². The molecule has 0 aliphatic carbocycles. The van der Waals surface area contributed by atoms with E-state index in [2.05, 4.69) is 6.07 Å². The van der Waals surface area contributed by atoms with Crippen molar-refractivity contribution in [1.82, 2.24) is 4.57 Å². The van der Waals surface area contributed by atoms with Crippen molar-refractivity contribution in [3.8, 4) is 11.5 Å². The molecule has 4 nitrogen and oxygen atoms in total. The molecule has 0 amide bonds. The molecule has 4 heteroatoms. The minimum absolute atomic E-state index is 0.0322. The van der Waals surface area contributed by atoms with Crippen molar-refractivity contribution < 1.29 is 14.3 Å². The van der Waals surface area contributed by atoms with Crippen LogP contribution in [-0.2, 0) is 0 Å². The highest BCUT2D eigenvalue weighted by atomic mass is 16.5. The Labute approximate surface area is 139 Å². The van der Waals surface area contributed by atoms with Crippen LogP contribution in [0.5, 0.6) is 11.5 Å². The maximum atomic E-state index is 13.2. The number of methoxy groups -OCH3 is 2.